The van der Waals surface area contributed by atoms with Gasteiger partial charge in [-0.05, 0) is 19.1 Å². The lowest BCUT2D eigenvalue weighted by atomic mass is 10.2. The fourth-order valence-electron chi connectivity index (χ4n) is 1.63. The van der Waals surface area contributed by atoms with Gasteiger partial charge in [0.15, 0.2) is 0 Å². The average Bonchev–Trinajstić information content (AvgIpc) is 2.33. The zero-order valence-electron chi connectivity index (χ0n) is 9.51. The highest BCUT2D eigenvalue weighted by molar-refractivity contribution is 5.78. The highest BCUT2D eigenvalue weighted by Gasteiger charge is 2.06. The van der Waals surface area contributed by atoms with Gasteiger partial charge in [0.2, 0.25) is 5.91 Å². The lowest BCUT2D eigenvalue weighted by molar-refractivity contribution is -0.121. The van der Waals surface area contributed by atoms with Gasteiger partial charge in [0.1, 0.15) is 6.54 Å². The number of carbonyl (C=O) groups excluding carboxylic acids is 1. The van der Waals surface area contributed by atoms with Crippen LogP contribution in [0.1, 0.15) is 6.92 Å². The first-order valence-corrected chi connectivity index (χ1v) is 5.43. The van der Waals surface area contributed by atoms with Gasteiger partial charge in [0.05, 0.1) is 17.2 Å². The number of amides is 1. The Morgan fingerprint density at radius 3 is 2.94 bits per heavy atom. The first-order valence-electron chi connectivity index (χ1n) is 5.43. The molecule has 0 fully saturated rings. The van der Waals surface area contributed by atoms with Crippen molar-refractivity contribution >= 4 is 16.8 Å². The van der Waals surface area contributed by atoms with Crippen LogP contribution in [0, 0.1) is 0 Å². The van der Waals surface area contributed by atoms with Gasteiger partial charge in [-0.1, -0.05) is 12.1 Å². The molecule has 17 heavy (non-hydrogen) atoms. The van der Waals surface area contributed by atoms with Crippen LogP contribution in [0.5, 0.6) is 0 Å². The zero-order chi connectivity index (χ0) is 12.3. The predicted octanol–water partition coefficient (Wildman–Crippen LogP) is 0.533. The molecule has 0 saturated heterocycles. The van der Waals surface area contributed by atoms with Crippen LogP contribution in [0.2, 0.25) is 0 Å². The van der Waals surface area contributed by atoms with Gasteiger partial charge in [0, 0.05) is 6.54 Å². The van der Waals surface area contributed by atoms with Crippen LogP contribution >= 0.6 is 0 Å². The molecule has 5 nitrogen and oxygen atoms in total. The molecule has 0 unspecified atom stereocenters. The van der Waals surface area contributed by atoms with Crippen molar-refractivity contribution in [3.8, 4) is 0 Å². The number of hydrogen-bond acceptors (Lipinski definition) is 3. The summed E-state index contributed by atoms with van der Waals surface area (Å²) >= 11 is 0. The van der Waals surface area contributed by atoms with E-state index in [-0.39, 0.29) is 18.0 Å². The van der Waals surface area contributed by atoms with Crippen LogP contribution in [-0.4, -0.2) is 22.0 Å². The van der Waals surface area contributed by atoms with E-state index in [9.17, 15) is 9.59 Å². The standard InChI is InChI=1S/C12H13N3O2/c1-2-13-11(16)7-15-8-14-10-6-4-3-5-9(10)12(15)17/h3-6,8H,2,7H2,1H3,(H,13,16). The summed E-state index contributed by atoms with van der Waals surface area (Å²) in [5.74, 6) is -0.188. The number of nitrogens with one attached hydrogen (secondary N) is 1. The Bertz CT molecular complexity index is 604. The van der Waals surface area contributed by atoms with Gasteiger partial charge >= 0.3 is 0 Å². The predicted molar refractivity (Wildman–Crippen MR) is 64.7 cm³/mol. The summed E-state index contributed by atoms with van der Waals surface area (Å²) in [6.07, 6.45) is 1.40. The summed E-state index contributed by atoms with van der Waals surface area (Å²) in [5.41, 5.74) is 0.450. The van der Waals surface area contributed by atoms with E-state index in [1.165, 1.54) is 10.9 Å². The summed E-state index contributed by atoms with van der Waals surface area (Å²) in [6, 6.07) is 7.08. The Kier molecular flexibility index (Phi) is 3.18. The largest absolute Gasteiger partial charge is 0.355 e. The van der Waals surface area contributed by atoms with E-state index in [0.29, 0.717) is 17.4 Å². The maximum absolute atomic E-state index is 12.0. The summed E-state index contributed by atoms with van der Waals surface area (Å²) in [5, 5.41) is 3.17. The number of likely N-dealkylation sites (N-methyl/N-ethyl adjacent to an activating group) is 1. The van der Waals surface area contributed by atoms with Crippen LogP contribution in [0.15, 0.2) is 35.4 Å². The molecule has 0 atom stereocenters. The molecule has 0 bridgehead atoms. The molecule has 0 radical (unpaired) electrons. The minimum absolute atomic E-state index is 0.00447. The molecule has 0 spiro atoms. The lowest BCUT2D eigenvalue weighted by Gasteiger charge is -2.06. The third-order valence-corrected chi connectivity index (χ3v) is 2.42. The SMILES string of the molecule is CCNC(=O)Cn1cnc2ccccc2c1=O. The molecule has 5 heteroatoms. The van der Waals surface area contributed by atoms with Gasteiger partial charge in [0.25, 0.3) is 5.56 Å². The number of nitrogens with zero attached hydrogens (tertiary/aromatic N) is 2. The Morgan fingerprint density at radius 2 is 2.18 bits per heavy atom. The van der Waals surface area contributed by atoms with E-state index in [4.69, 9.17) is 0 Å². The van der Waals surface area contributed by atoms with E-state index in [2.05, 4.69) is 10.3 Å². The van der Waals surface area contributed by atoms with Gasteiger partial charge in [-0.15, -0.1) is 0 Å². The Hall–Kier alpha value is -2.17. The van der Waals surface area contributed by atoms with Crippen LogP contribution in [0.25, 0.3) is 10.9 Å². The highest BCUT2D eigenvalue weighted by Crippen LogP contribution is 2.04. The topological polar surface area (TPSA) is 64.0 Å². The molecule has 2 rings (SSSR count). The summed E-state index contributed by atoms with van der Waals surface area (Å²) in [7, 11) is 0. The van der Waals surface area contributed by atoms with Crippen LogP contribution in [0.3, 0.4) is 0 Å². The Balaban J connectivity index is 2.39. The molecule has 0 aliphatic rings. The van der Waals surface area contributed by atoms with Crippen molar-refractivity contribution in [1.29, 1.82) is 0 Å². The monoisotopic (exact) mass is 231 g/mol. The lowest BCUT2D eigenvalue weighted by Crippen LogP contribution is -2.32. The number of aromatic nitrogens is 2. The second-order valence-corrected chi connectivity index (χ2v) is 3.65. The average molecular weight is 231 g/mol. The second kappa shape index (κ2) is 4.78. The van der Waals surface area contributed by atoms with Crippen LogP contribution in [0.4, 0.5) is 0 Å². The number of carbonyl (C=O) groups is 1. The first-order chi connectivity index (χ1) is 8.22. The molecule has 0 aliphatic carbocycles. The van der Waals surface area contributed by atoms with Gasteiger partial charge in [-0.2, -0.15) is 0 Å². The molecule has 88 valence electrons. The van der Waals surface area contributed by atoms with E-state index in [0.717, 1.165) is 0 Å². The van der Waals surface area contributed by atoms with Gasteiger partial charge in [-0.25, -0.2) is 4.98 Å². The van der Waals surface area contributed by atoms with E-state index < -0.39 is 0 Å². The summed E-state index contributed by atoms with van der Waals surface area (Å²) in [6.45, 7) is 2.39. The molecular weight excluding hydrogens is 218 g/mol. The van der Waals surface area contributed by atoms with Crippen LogP contribution in [-0.2, 0) is 11.3 Å². The molecule has 2 aromatic rings. The van der Waals surface area contributed by atoms with Crippen molar-refractivity contribution in [2.45, 2.75) is 13.5 Å². The molecule has 1 N–H and O–H groups in total. The summed E-state index contributed by atoms with van der Waals surface area (Å²) < 4.78 is 1.31. The van der Waals surface area contributed by atoms with Crippen molar-refractivity contribution in [2.75, 3.05) is 6.54 Å². The number of benzene rings is 1. The van der Waals surface area contributed by atoms with Crippen molar-refractivity contribution in [1.82, 2.24) is 14.9 Å². The van der Waals surface area contributed by atoms with Gasteiger partial charge < -0.3 is 5.32 Å². The highest BCUT2D eigenvalue weighted by atomic mass is 16.2. The minimum Gasteiger partial charge on any atom is -0.355 e. The third kappa shape index (κ3) is 2.33. The van der Waals surface area contributed by atoms with E-state index >= 15 is 0 Å². The molecule has 0 saturated carbocycles. The third-order valence-electron chi connectivity index (χ3n) is 2.42. The van der Waals surface area contributed by atoms with Gasteiger partial charge in [-0.3, -0.25) is 14.2 Å². The number of hydrogen-bond donors (Lipinski definition) is 1. The Morgan fingerprint density at radius 1 is 1.41 bits per heavy atom. The fourth-order valence-corrected chi connectivity index (χ4v) is 1.63. The maximum atomic E-state index is 12.0. The molecule has 1 aromatic carbocycles. The molecule has 0 aliphatic heterocycles. The second-order valence-electron chi connectivity index (χ2n) is 3.65. The quantitative estimate of drug-likeness (QED) is 0.838. The molecule has 1 heterocycles. The number of rotatable bonds is 3. The normalized spacial score (nSPS) is 10.4. The maximum Gasteiger partial charge on any atom is 0.261 e. The van der Waals surface area contributed by atoms with Crippen molar-refractivity contribution < 1.29 is 4.79 Å². The van der Waals surface area contributed by atoms with E-state index in [1.807, 2.05) is 13.0 Å². The number of fused-ring (bicyclic) bond motifs is 1. The fraction of sp³-hybridized carbons (Fsp3) is 0.250. The first kappa shape index (κ1) is 11.3. The molecular formula is C12H13N3O2. The Labute approximate surface area is 98.1 Å². The van der Waals surface area contributed by atoms with Crippen molar-refractivity contribution in [2.24, 2.45) is 0 Å². The smallest absolute Gasteiger partial charge is 0.261 e. The number of para-hydroxylation sites is 1. The van der Waals surface area contributed by atoms with Crippen LogP contribution < -0.4 is 10.9 Å². The summed E-state index contributed by atoms with van der Waals surface area (Å²) in [4.78, 5) is 27.6. The minimum atomic E-state index is -0.193. The molecule has 1 aromatic heterocycles. The van der Waals surface area contributed by atoms with Crippen molar-refractivity contribution in [3.63, 3.8) is 0 Å². The van der Waals surface area contributed by atoms with E-state index in [1.54, 1.807) is 18.2 Å². The zero-order valence-corrected chi connectivity index (χ0v) is 9.51. The molecule has 1 amide bonds. The van der Waals surface area contributed by atoms with Crippen molar-refractivity contribution in [3.05, 3.63) is 40.9 Å².